The molecule has 3 heterocycles. The van der Waals surface area contributed by atoms with Crippen LogP contribution in [0.15, 0.2) is 48.9 Å². The third-order valence-electron chi connectivity index (χ3n) is 4.75. The number of rotatable bonds is 3. The fraction of sp³-hybridized carbons (Fsp3) is 0.300. The number of benzene rings is 1. The van der Waals surface area contributed by atoms with Crippen LogP contribution in [0.25, 0.3) is 11.5 Å². The summed E-state index contributed by atoms with van der Waals surface area (Å²) >= 11 is 0. The van der Waals surface area contributed by atoms with E-state index in [0.29, 0.717) is 6.54 Å². The monoisotopic (exact) mass is 347 g/mol. The number of carbonyl (C=O) groups excluding carboxylic acids is 1. The van der Waals surface area contributed by atoms with Crippen molar-refractivity contribution in [3.63, 3.8) is 0 Å². The number of nitrogens with one attached hydrogen (secondary N) is 1. The van der Waals surface area contributed by atoms with Crippen molar-refractivity contribution in [3.8, 4) is 11.5 Å². The van der Waals surface area contributed by atoms with Gasteiger partial charge in [0.25, 0.3) is 5.91 Å². The molecule has 1 atom stereocenters. The Balaban J connectivity index is 1.54. The van der Waals surface area contributed by atoms with Crippen LogP contribution in [0.4, 0.5) is 0 Å². The van der Waals surface area contributed by atoms with Crippen molar-refractivity contribution in [2.45, 2.75) is 25.7 Å². The van der Waals surface area contributed by atoms with Crippen molar-refractivity contribution < 1.29 is 4.79 Å². The van der Waals surface area contributed by atoms with E-state index in [1.54, 1.807) is 18.6 Å². The van der Waals surface area contributed by atoms with Gasteiger partial charge in [-0.1, -0.05) is 18.2 Å². The third-order valence-corrected chi connectivity index (χ3v) is 4.75. The standard InChI is InChI=1S/C20H21N5O/c1-14-10-22-19(23-14)18-12-21-11-17(24-18)16-8-5-9-25(13-16)20(26)15-6-3-2-4-7-15/h2-4,6-7,10-12,16H,5,8-9,13H2,1H3,(H,22,23). The minimum absolute atomic E-state index is 0.0843. The van der Waals surface area contributed by atoms with Gasteiger partial charge in [-0.25, -0.2) is 9.97 Å². The van der Waals surface area contributed by atoms with Crippen LogP contribution in [-0.2, 0) is 0 Å². The van der Waals surface area contributed by atoms with Crippen LogP contribution in [0.2, 0.25) is 0 Å². The number of hydrogen-bond acceptors (Lipinski definition) is 4. The van der Waals surface area contributed by atoms with Crippen molar-refractivity contribution in [1.82, 2.24) is 24.8 Å². The normalized spacial score (nSPS) is 17.3. The van der Waals surface area contributed by atoms with Crippen LogP contribution >= 0.6 is 0 Å². The summed E-state index contributed by atoms with van der Waals surface area (Å²) in [5, 5.41) is 0. The molecule has 1 amide bonds. The van der Waals surface area contributed by atoms with Gasteiger partial charge in [-0.3, -0.25) is 9.78 Å². The predicted molar refractivity (Wildman–Crippen MR) is 98.7 cm³/mol. The van der Waals surface area contributed by atoms with Crippen LogP contribution < -0.4 is 0 Å². The molecule has 1 fully saturated rings. The molecule has 1 unspecified atom stereocenters. The highest BCUT2D eigenvalue weighted by molar-refractivity contribution is 5.94. The molecule has 4 rings (SSSR count). The zero-order valence-electron chi connectivity index (χ0n) is 14.7. The second kappa shape index (κ2) is 7.07. The second-order valence-corrected chi connectivity index (χ2v) is 6.70. The molecule has 0 bridgehead atoms. The van der Waals surface area contributed by atoms with Gasteiger partial charge in [0.2, 0.25) is 0 Å². The molecule has 0 radical (unpaired) electrons. The van der Waals surface area contributed by atoms with E-state index >= 15 is 0 Å². The lowest BCUT2D eigenvalue weighted by Gasteiger charge is -2.32. The molecule has 132 valence electrons. The Labute approximate surface area is 152 Å². The third kappa shape index (κ3) is 3.35. The van der Waals surface area contributed by atoms with E-state index in [1.165, 1.54) is 0 Å². The summed E-state index contributed by atoms with van der Waals surface area (Å²) in [7, 11) is 0. The number of H-pyrrole nitrogens is 1. The average Bonchev–Trinajstić information content (AvgIpc) is 3.15. The molecule has 3 aromatic rings. The summed E-state index contributed by atoms with van der Waals surface area (Å²) in [6.45, 7) is 3.42. The Bertz CT molecular complexity index is 905. The maximum Gasteiger partial charge on any atom is 0.253 e. The minimum Gasteiger partial charge on any atom is -0.341 e. The summed E-state index contributed by atoms with van der Waals surface area (Å²) in [6.07, 6.45) is 7.28. The first-order valence-electron chi connectivity index (χ1n) is 8.89. The highest BCUT2D eigenvalue weighted by atomic mass is 16.2. The SMILES string of the molecule is Cc1cnc(-c2cncc(C3CCCN(C(=O)c4ccccc4)C3)n2)[nH]1. The van der Waals surface area contributed by atoms with Crippen molar-refractivity contribution >= 4 is 5.91 Å². The topological polar surface area (TPSA) is 74.8 Å². The van der Waals surface area contributed by atoms with Gasteiger partial charge in [-0.2, -0.15) is 0 Å². The Morgan fingerprint density at radius 3 is 2.81 bits per heavy atom. The van der Waals surface area contributed by atoms with Crippen LogP contribution in [0.5, 0.6) is 0 Å². The van der Waals surface area contributed by atoms with Gasteiger partial charge in [0.1, 0.15) is 5.69 Å². The maximum absolute atomic E-state index is 12.7. The molecule has 2 aromatic heterocycles. The number of aromatic nitrogens is 4. The first kappa shape index (κ1) is 16.4. The van der Waals surface area contributed by atoms with Gasteiger partial charge < -0.3 is 9.88 Å². The maximum atomic E-state index is 12.7. The summed E-state index contributed by atoms with van der Waals surface area (Å²) in [5.74, 6) is 1.01. The van der Waals surface area contributed by atoms with E-state index in [-0.39, 0.29) is 11.8 Å². The summed E-state index contributed by atoms with van der Waals surface area (Å²) in [6, 6.07) is 9.45. The smallest absolute Gasteiger partial charge is 0.253 e. The number of amides is 1. The molecule has 1 N–H and O–H groups in total. The lowest BCUT2D eigenvalue weighted by atomic mass is 9.94. The summed E-state index contributed by atoms with van der Waals surface area (Å²) < 4.78 is 0. The zero-order chi connectivity index (χ0) is 17.9. The lowest BCUT2D eigenvalue weighted by Crippen LogP contribution is -2.39. The highest BCUT2D eigenvalue weighted by Gasteiger charge is 2.26. The predicted octanol–water partition coefficient (Wildman–Crippen LogP) is 3.19. The number of carbonyl (C=O) groups is 1. The lowest BCUT2D eigenvalue weighted by molar-refractivity contribution is 0.0706. The van der Waals surface area contributed by atoms with Gasteiger partial charge >= 0.3 is 0 Å². The van der Waals surface area contributed by atoms with E-state index in [0.717, 1.165) is 47.9 Å². The fourth-order valence-corrected chi connectivity index (χ4v) is 3.40. The average molecular weight is 347 g/mol. The highest BCUT2D eigenvalue weighted by Crippen LogP contribution is 2.27. The van der Waals surface area contributed by atoms with Crippen molar-refractivity contribution in [3.05, 3.63) is 65.9 Å². The number of piperidine rings is 1. The van der Waals surface area contributed by atoms with Crippen molar-refractivity contribution in [1.29, 1.82) is 0 Å². The molecule has 6 nitrogen and oxygen atoms in total. The molecule has 0 spiro atoms. The van der Waals surface area contributed by atoms with Crippen molar-refractivity contribution in [2.24, 2.45) is 0 Å². The van der Waals surface area contributed by atoms with Gasteiger partial charge in [-0.15, -0.1) is 0 Å². The molecule has 1 aliphatic rings. The van der Waals surface area contributed by atoms with Crippen LogP contribution in [-0.4, -0.2) is 43.8 Å². The summed E-state index contributed by atoms with van der Waals surface area (Å²) in [4.78, 5) is 31.3. The zero-order valence-corrected chi connectivity index (χ0v) is 14.7. The number of hydrogen-bond donors (Lipinski definition) is 1. The second-order valence-electron chi connectivity index (χ2n) is 6.70. The summed E-state index contributed by atoms with van der Waals surface area (Å²) in [5.41, 5.74) is 3.38. The van der Waals surface area contributed by atoms with Crippen molar-refractivity contribution in [2.75, 3.05) is 13.1 Å². The Morgan fingerprint density at radius 2 is 2.04 bits per heavy atom. The van der Waals surface area contributed by atoms with Gasteiger partial charge in [0.15, 0.2) is 5.82 Å². The molecule has 1 aliphatic heterocycles. The number of aromatic amines is 1. The number of nitrogens with zero attached hydrogens (tertiary/aromatic N) is 4. The van der Waals surface area contributed by atoms with Gasteiger partial charge in [-0.05, 0) is 31.9 Å². The van der Waals surface area contributed by atoms with Crippen LogP contribution in [0.1, 0.15) is 40.5 Å². The number of imidazole rings is 1. The van der Waals surface area contributed by atoms with Crippen LogP contribution in [0, 0.1) is 6.92 Å². The number of aryl methyl sites for hydroxylation is 1. The largest absolute Gasteiger partial charge is 0.341 e. The molecular formula is C20H21N5O. The van der Waals surface area contributed by atoms with Crippen LogP contribution in [0.3, 0.4) is 0 Å². The van der Waals surface area contributed by atoms with E-state index < -0.39 is 0 Å². The molecule has 1 aromatic carbocycles. The first-order valence-corrected chi connectivity index (χ1v) is 8.89. The van der Waals surface area contributed by atoms with Gasteiger partial charge in [0, 0.05) is 42.7 Å². The van der Waals surface area contributed by atoms with E-state index in [4.69, 9.17) is 4.98 Å². The Kier molecular flexibility index (Phi) is 4.48. The molecule has 1 saturated heterocycles. The molecule has 0 aliphatic carbocycles. The molecule has 6 heteroatoms. The molecular weight excluding hydrogens is 326 g/mol. The Hall–Kier alpha value is -3.02. The molecule has 26 heavy (non-hydrogen) atoms. The minimum atomic E-state index is 0.0843. The quantitative estimate of drug-likeness (QED) is 0.789. The van der Waals surface area contributed by atoms with E-state index in [2.05, 4.69) is 15.0 Å². The fourth-order valence-electron chi connectivity index (χ4n) is 3.40. The molecule has 0 saturated carbocycles. The van der Waals surface area contributed by atoms with E-state index in [1.807, 2.05) is 42.2 Å². The number of likely N-dealkylation sites (tertiary alicyclic amines) is 1. The first-order chi connectivity index (χ1) is 12.7. The Morgan fingerprint density at radius 1 is 1.19 bits per heavy atom. The van der Waals surface area contributed by atoms with Gasteiger partial charge in [0.05, 0.1) is 11.9 Å². The van der Waals surface area contributed by atoms with E-state index in [9.17, 15) is 4.79 Å².